The van der Waals surface area contributed by atoms with E-state index in [1.165, 1.54) is 11.1 Å². The zero-order chi connectivity index (χ0) is 43.2. The van der Waals surface area contributed by atoms with Crippen LogP contribution in [0.15, 0.2) is 97.1 Å². The van der Waals surface area contributed by atoms with Crippen LogP contribution >= 0.6 is 0 Å². The molecular formula is C55H64O4. The van der Waals surface area contributed by atoms with Gasteiger partial charge in [0.25, 0.3) is 0 Å². The van der Waals surface area contributed by atoms with Gasteiger partial charge in [-0.05, 0) is 133 Å². The largest absolute Gasteiger partial charge is 0.507 e. The molecule has 4 heteroatoms. The molecule has 0 saturated carbocycles. The summed E-state index contributed by atoms with van der Waals surface area (Å²) in [5.41, 5.74) is 15.5. The highest BCUT2D eigenvalue weighted by molar-refractivity contribution is 5.89. The molecule has 6 rings (SSSR count). The average molecular weight is 789 g/mol. The predicted octanol–water partition coefficient (Wildman–Crippen LogP) is 14.7. The van der Waals surface area contributed by atoms with Crippen molar-refractivity contribution in [3.63, 3.8) is 0 Å². The van der Waals surface area contributed by atoms with E-state index < -0.39 is 5.41 Å². The lowest BCUT2D eigenvalue weighted by atomic mass is 9.81. The molecular weight excluding hydrogens is 725 g/mol. The third-order valence-corrected chi connectivity index (χ3v) is 11.4. The topological polar surface area (TPSA) is 58.9 Å². The lowest BCUT2D eigenvalue weighted by Gasteiger charge is -2.28. The number of para-hydroxylation sites is 2. The third kappa shape index (κ3) is 9.23. The Morgan fingerprint density at radius 2 is 0.712 bits per heavy atom. The summed E-state index contributed by atoms with van der Waals surface area (Å²) in [6.07, 6.45) is 0. The van der Waals surface area contributed by atoms with Gasteiger partial charge in [-0.25, -0.2) is 0 Å². The average Bonchev–Trinajstić information content (AvgIpc) is 3.13. The number of ether oxygens (including phenoxy) is 2. The Bertz CT molecular complexity index is 2300. The summed E-state index contributed by atoms with van der Waals surface area (Å²) in [7, 11) is 0. The van der Waals surface area contributed by atoms with E-state index in [0.717, 1.165) is 77.9 Å². The standard InChI is InChI=1S/C55H64O4/c1-33-23-35(3)49(36(4)24-33)45-29-39(53(7,8)9)27-43(51(45)56)41-19-15-17-21-47(41)58-31-55(13,14)32-59-48-22-18-16-20-42(48)44-28-40(54(10,11)12)30-46(52(44)57)50-37(5)25-34(2)26-38(50)6/h15-30,56-57H,31-32H2,1-14H3. The second kappa shape index (κ2) is 16.3. The lowest BCUT2D eigenvalue weighted by molar-refractivity contribution is 0.111. The second-order valence-corrected chi connectivity index (χ2v) is 19.6. The van der Waals surface area contributed by atoms with E-state index in [1.54, 1.807) is 0 Å². The zero-order valence-electron chi connectivity index (χ0n) is 37.9. The van der Waals surface area contributed by atoms with Crippen molar-refractivity contribution in [3.05, 3.63) is 142 Å². The molecule has 2 N–H and O–H groups in total. The summed E-state index contributed by atoms with van der Waals surface area (Å²) in [6.45, 7) is 30.9. The van der Waals surface area contributed by atoms with Gasteiger partial charge in [-0.2, -0.15) is 0 Å². The van der Waals surface area contributed by atoms with Gasteiger partial charge in [0.2, 0.25) is 0 Å². The van der Waals surface area contributed by atoms with Crippen LogP contribution in [0.4, 0.5) is 0 Å². The van der Waals surface area contributed by atoms with Crippen LogP contribution in [0.1, 0.15) is 99.9 Å². The number of hydrogen-bond donors (Lipinski definition) is 2. The smallest absolute Gasteiger partial charge is 0.131 e. The van der Waals surface area contributed by atoms with Crippen molar-refractivity contribution < 1.29 is 19.7 Å². The van der Waals surface area contributed by atoms with Crippen LogP contribution in [-0.4, -0.2) is 23.4 Å². The molecule has 0 atom stereocenters. The van der Waals surface area contributed by atoms with Crippen molar-refractivity contribution in [2.24, 2.45) is 5.41 Å². The third-order valence-electron chi connectivity index (χ3n) is 11.4. The first kappa shape index (κ1) is 43.1. The Balaban J connectivity index is 1.32. The molecule has 0 bridgehead atoms. The fourth-order valence-corrected chi connectivity index (χ4v) is 8.35. The van der Waals surface area contributed by atoms with E-state index in [9.17, 15) is 10.2 Å². The summed E-state index contributed by atoms with van der Waals surface area (Å²) < 4.78 is 13.4. The minimum atomic E-state index is -0.409. The van der Waals surface area contributed by atoms with Gasteiger partial charge < -0.3 is 19.7 Å². The molecule has 0 aliphatic heterocycles. The molecule has 0 heterocycles. The number of aryl methyl sites for hydroxylation is 6. The summed E-state index contributed by atoms with van der Waals surface area (Å²) in [5.74, 6) is 1.89. The molecule has 59 heavy (non-hydrogen) atoms. The van der Waals surface area contributed by atoms with E-state index in [-0.39, 0.29) is 22.3 Å². The molecule has 0 saturated heterocycles. The number of phenols is 2. The van der Waals surface area contributed by atoms with Crippen LogP contribution in [-0.2, 0) is 10.8 Å². The van der Waals surface area contributed by atoms with Gasteiger partial charge in [-0.3, -0.25) is 0 Å². The van der Waals surface area contributed by atoms with E-state index in [2.05, 4.69) is 145 Å². The number of aromatic hydroxyl groups is 2. The molecule has 0 aliphatic rings. The van der Waals surface area contributed by atoms with Crippen LogP contribution in [0.25, 0.3) is 44.5 Å². The van der Waals surface area contributed by atoms with Crippen LogP contribution in [0.2, 0.25) is 0 Å². The zero-order valence-corrected chi connectivity index (χ0v) is 37.9. The summed E-state index contributed by atoms with van der Waals surface area (Å²) in [4.78, 5) is 0. The van der Waals surface area contributed by atoms with Crippen molar-refractivity contribution in [1.82, 2.24) is 0 Å². The summed E-state index contributed by atoms with van der Waals surface area (Å²) >= 11 is 0. The van der Waals surface area contributed by atoms with Crippen molar-refractivity contribution >= 4 is 0 Å². The van der Waals surface area contributed by atoms with E-state index in [1.807, 2.05) is 48.5 Å². The second-order valence-electron chi connectivity index (χ2n) is 19.6. The van der Waals surface area contributed by atoms with Gasteiger partial charge in [0.05, 0.1) is 13.2 Å². The van der Waals surface area contributed by atoms with E-state index in [0.29, 0.717) is 24.7 Å². The summed E-state index contributed by atoms with van der Waals surface area (Å²) in [6, 6.07) is 33.2. The maximum absolute atomic E-state index is 12.1. The van der Waals surface area contributed by atoms with E-state index in [4.69, 9.17) is 9.47 Å². The van der Waals surface area contributed by atoms with Crippen LogP contribution in [0.5, 0.6) is 23.0 Å². The van der Waals surface area contributed by atoms with Gasteiger partial charge in [0.15, 0.2) is 0 Å². The predicted molar refractivity (Wildman–Crippen MR) is 249 cm³/mol. The van der Waals surface area contributed by atoms with Gasteiger partial charge in [0, 0.05) is 38.8 Å². The highest BCUT2D eigenvalue weighted by atomic mass is 16.5. The van der Waals surface area contributed by atoms with Crippen LogP contribution in [0.3, 0.4) is 0 Å². The molecule has 4 nitrogen and oxygen atoms in total. The first-order chi connectivity index (χ1) is 27.6. The lowest BCUT2D eigenvalue weighted by Crippen LogP contribution is -2.29. The SMILES string of the molecule is Cc1cc(C)c(-c2cc(C(C)(C)C)cc(-c3ccccc3OCC(C)(C)COc3ccccc3-c3cc(C(C)(C)C)cc(-c4c(C)cc(C)cc4C)c3O)c2O)c(C)c1. The Kier molecular flexibility index (Phi) is 11.9. The minimum absolute atomic E-state index is 0.153. The van der Waals surface area contributed by atoms with Crippen molar-refractivity contribution in [3.8, 4) is 67.5 Å². The van der Waals surface area contributed by atoms with Gasteiger partial charge in [-0.15, -0.1) is 0 Å². The number of phenolic OH excluding ortho intramolecular Hbond substituents is 2. The fraction of sp³-hybridized carbons (Fsp3) is 0.345. The van der Waals surface area contributed by atoms with Crippen molar-refractivity contribution in [2.75, 3.05) is 13.2 Å². The first-order valence-corrected chi connectivity index (χ1v) is 20.9. The van der Waals surface area contributed by atoms with Gasteiger partial charge in [-0.1, -0.05) is 127 Å². The molecule has 0 radical (unpaired) electrons. The fourth-order valence-electron chi connectivity index (χ4n) is 8.35. The quantitative estimate of drug-likeness (QED) is 0.145. The van der Waals surface area contributed by atoms with Crippen molar-refractivity contribution in [1.29, 1.82) is 0 Å². The van der Waals surface area contributed by atoms with Gasteiger partial charge in [0.1, 0.15) is 23.0 Å². The number of hydrogen-bond acceptors (Lipinski definition) is 4. The highest BCUT2D eigenvalue weighted by Crippen LogP contribution is 2.48. The minimum Gasteiger partial charge on any atom is -0.507 e. The molecule has 0 aromatic heterocycles. The molecule has 0 unspecified atom stereocenters. The van der Waals surface area contributed by atoms with Gasteiger partial charge >= 0.3 is 0 Å². The molecule has 6 aromatic carbocycles. The Hall–Kier alpha value is -5.48. The Labute approximate surface area is 353 Å². The molecule has 6 aromatic rings. The van der Waals surface area contributed by atoms with E-state index >= 15 is 0 Å². The number of benzene rings is 6. The molecule has 0 spiro atoms. The summed E-state index contributed by atoms with van der Waals surface area (Å²) in [5, 5.41) is 24.2. The molecule has 0 amide bonds. The highest BCUT2D eigenvalue weighted by Gasteiger charge is 2.27. The Morgan fingerprint density at radius 1 is 0.407 bits per heavy atom. The number of rotatable bonds is 10. The first-order valence-electron chi connectivity index (χ1n) is 20.9. The van der Waals surface area contributed by atoms with Crippen LogP contribution < -0.4 is 9.47 Å². The maximum atomic E-state index is 12.1. The molecule has 0 fully saturated rings. The Morgan fingerprint density at radius 3 is 1.03 bits per heavy atom. The molecule has 308 valence electrons. The van der Waals surface area contributed by atoms with Crippen molar-refractivity contribution in [2.45, 2.75) is 108 Å². The monoisotopic (exact) mass is 788 g/mol. The normalized spacial score (nSPS) is 12.2. The van der Waals surface area contributed by atoms with Crippen LogP contribution in [0, 0.1) is 47.0 Å². The molecule has 0 aliphatic carbocycles. The maximum Gasteiger partial charge on any atom is 0.131 e.